The predicted octanol–water partition coefficient (Wildman–Crippen LogP) is 3.81. The monoisotopic (exact) mass is 314 g/mol. The fraction of sp³-hybridized carbons (Fsp3) is 0.167. The Morgan fingerprint density at radius 1 is 1.41 bits per heavy atom. The Kier molecular flexibility index (Phi) is 4.10. The molecule has 1 atom stereocenters. The number of rotatable bonds is 4. The second-order valence-electron chi connectivity index (χ2n) is 3.62. The van der Waals surface area contributed by atoms with Crippen LogP contribution >= 0.6 is 27.5 Å². The maximum atomic E-state index is 5.94. The number of hydrogen-bond donors (Lipinski definition) is 2. The van der Waals surface area contributed by atoms with Gasteiger partial charge in [-0.15, -0.1) is 0 Å². The highest BCUT2D eigenvalue weighted by atomic mass is 79.9. The van der Waals surface area contributed by atoms with Crippen molar-refractivity contribution in [1.82, 2.24) is 0 Å². The maximum absolute atomic E-state index is 5.94. The van der Waals surface area contributed by atoms with E-state index in [1.807, 2.05) is 24.3 Å². The van der Waals surface area contributed by atoms with Crippen LogP contribution in [0.4, 0.5) is 5.69 Å². The smallest absolute Gasteiger partial charge is 0.0955 e. The van der Waals surface area contributed by atoms with Gasteiger partial charge in [-0.1, -0.05) is 11.6 Å². The molecule has 17 heavy (non-hydrogen) atoms. The van der Waals surface area contributed by atoms with E-state index < -0.39 is 0 Å². The topological polar surface area (TPSA) is 51.2 Å². The van der Waals surface area contributed by atoms with Crippen LogP contribution in [0.2, 0.25) is 5.02 Å². The molecule has 0 saturated heterocycles. The number of halogens is 2. The Morgan fingerprint density at radius 3 is 2.82 bits per heavy atom. The summed E-state index contributed by atoms with van der Waals surface area (Å²) in [7, 11) is 0. The van der Waals surface area contributed by atoms with E-state index in [1.165, 1.54) is 0 Å². The number of nitrogens with one attached hydrogen (secondary N) is 1. The second kappa shape index (κ2) is 5.58. The molecule has 1 aromatic heterocycles. The van der Waals surface area contributed by atoms with Gasteiger partial charge in [0.1, 0.15) is 0 Å². The van der Waals surface area contributed by atoms with Crippen molar-refractivity contribution in [2.45, 2.75) is 6.04 Å². The van der Waals surface area contributed by atoms with E-state index in [-0.39, 0.29) is 6.04 Å². The summed E-state index contributed by atoms with van der Waals surface area (Å²) < 4.78 is 5.91. The van der Waals surface area contributed by atoms with Gasteiger partial charge < -0.3 is 15.5 Å². The van der Waals surface area contributed by atoms with E-state index >= 15 is 0 Å². The van der Waals surface area contributed by atoms with E-state index in [9.17, 15) is 0 Å². The number of nitrogens with two attached hydrogens (primary N) is 1. The average molecular weight is 316 g/mol. The van der Waals surface area contributed by atoms with Crippen LogP contribution in [-0.4, -0.2) is 6.54 Å². The summed E-state index contributed by atoms with van der Waals surface area (Å²) in [5.41, 5.74) is 7.72. The summed E-state index contributed by atoms with van der Waals surface area (Å²) in [5.74, 6) is 0. The van der Waals surface area contributed by atoms with Crippen molar-refractivity contribution in [3.8, 4) is 0 Å². The summed E-state index contributed by atoms with van der Waals surface area (Å²) in [6, 6.07) is 7.59. The minimum atomic E-state index is 0.0295. The minimum absolute atomic E-state index is 0.0295. The van der Waals surface area contributed by atoms with Crippen molar-refractivity contribution >= 4 is 33.2 Å². The lowest BCUT2D eigenvalue weighted by molar-refractivity contribution is 0.561. The van der Waals surface area contributed by atoms with Crippen molar-refractivity contribution < 1.29 is 4.42 Å². The van der Waals surface area contributed by atoms with Gasteiger partial charge in [0, 0.05) is 22.3 Å². The third-order valence-corrected chi connectivity index (χ3v) is 3.66. The Morgan fingerprint density at radius 2 is 2.24 bits per heavy atom. The van der Waals surface area contributed by atoms with Gasteiger partial charge in [0.15, 0.2) is 0 Å². The summed E-state index contributed by atoms with van der Waals surface area (Å²) in [6.45, 7) is 0.486. The summed E-state index contributed by atoms with van der Waals surface area (Å²) in [5, 5.41) is 4.01. The standard InChI is InChI=1S/C12H12BrClN2O/c13-10-5-9(1-2-11(10)14)16-12(6-15)8-3-4-17-7-8/h1-5,7,12,16H,6,15H2. The highest BCUT2D eigenvalue weighted by Crippen LogP contribution is 2.27. The van der Waals surface area contributed by atoms with Crippen molar-refractivity contribution in [2.75, 3.05) is 11.9 Å². The second-order valence-corrected chi connectivity index (χ2v) is 4.88. The first-order chi connectivity index (χ1) is 8.20. The van der Waals surface area contributed by atoms with Crippen molar-refractivity contribution in [3.63, 3.8) is 0 Å². The number of benzene rings is 1. The minimum Gasteiger partial charge on any atom is -0.472 e. The summed E-state index contributed by atoms with van der Waals surface area (Å²) in [6.07, 6.45) is 3.33. The van der Waals surface area contributed by atoms with Crippen LogP contribution in [-0.2, 0) is 0 Å². The Hall–Kier alpha value is -0.970. The first-order valence-corrected chi connectivity index (χ1v) is 6.31. The molecular formula is C12H12BrClN2O. The molecule has 5 heteroatoms. The predicted molar refractivity (Wildman–Crippen MR) is 73.3 cm³/mol. The lowest BCUT2D eigenvalue weighted by Crippen LogP contribution is -2.20. The lowest BCUT2D eigenvalue weighted by Gasteiger charge is -2.17. The normalized spacial score (nSPS) is 12.4. The number of hydrogen-bond acceptors (Lipinski definition) is 3. The SMILES string of the molecule is NCC(Nc1ccc(Cl)c(Br)c1)c1ccoc1. The molecule has 2 aromatic rings. The molecule has 0 saturated carbocycles. The van der Waals surface area contributed by atoms with Crippen LogP contribution < -0.4 is 11.1 Å². The van der Waals surface area contributed by atoms with Gasteiger partial charge in [0.25, 0.3) is 0 Å². The Bertz CT molecular complexity index is 487. The van der Waals surface area contributed by atoms with Gasteiger partial charge in [0.2, 0.25) is 0 Å². The van der Waals surface area contributed by atoms with Gasteiger partial charge in [-0.25, -0.2) is 0 Å². The van der Waals surface area contributed by atoms with Gasteiger partial charge >= 0.3 is 0 Å². The number of anilines is 1. The van der Waals surface area contributed by atoms with Gasteiger partial charge in [-0.05, 0) is 40.2 Å². The molecule has 0 aliphatic carbocycles. The molecule has 1 unspecified atom stereocenters. The van der Waals surface area contributed by atoms with Gasteiger partial charge in [0.05, 0.1) is 23.6 Å². The van der Waals surface area contributed by atoms with E-state index in [4.69, 9.17) is 21.8 Å². The highest BCUT2D eigenvalue weighted by molar-refractivity contribution is 9.10. The van der Waals surface area contributed by atoms with E-state index in [0.29, 0.717) is 11.6 Å². The molecule has 1 heterocycles. The molecule has 1 aromatic carbocycles. The van der Waals surface area contributed by atoms with Crippen LogP contribution in [0.5, 0.6) is 0 Å². The van der Waals surface area contributed by atoms with Crippen LogP contribution in [0.1, 0.15) is 11.6 Å². The average Bonchev–Trinajstić information content (AvgIpc) is 2.84. The third kappa shape index (κ3) is 3.03. The Balaban J connectivity index is 2.16. The van der Waals surface area contributed by atoms with E-state index in [1.54, 1.807) is 12.5 Å². The lowest BCUT2D eigenvalue weighted by atomic mass is 10.1. The zero-order chi connectivity index (χ0) is 12.3. The zero-order valence-electron chi connectivity index (χ0n) is 8.99. The van der Waals surface area contributed by atoms with Crippen LogP contribution in [0.25, 0.3) is 0 Å². The number of furan rings is 1. The van der Waals surface area contributed by atoms with Crippen molar-refractivity contribution in [1.29, 1.82) is 0 Å². The van der Waals surface area contributed by atoms with Crippen molar-refractivity contribution in [3.05, 3.63) is 51.9 Å². The molecule has 90 valence electrons. The fourth-order valence-electron chi connectivity index (χ4n) is 1.54. The molecular weight excluding hydrogens is 304 g/mol. The van der Waals surface area contributed by atoms with Crippen LogP contribution in [0.15, 0.2) is 45.7 Å². The molecule has 0 aliphatic heterocycles. The van der Waals surface area contributed by atoms with Crippen molar-refractivity contribution in [2.24, 2.45) is 5.73 Å². The van der Waals surface area contributed by atoms with Gasteiger partial charge in [-0.2, -0.15) is 0 Å². The summed E-state index contributed by atoms with van der Waals surface area (Å²) in [4.78, 5) is 0. The molecule has 0 radical (unpaired) electrons. The molecule has 0 aliphatic rings. The quantitative estimate of drug-likeness (QED) is 0.902. The highest BCUT2D eigenvalue weighted by Gasteiger charge is 2.11. The molecule has 0 fully saturated rings. The van der Waals surface area contributed by atoms with Gasteiger partial charge in [-0.3, -0.25) is 0 Å². The fourth-order valence-corrected chi connectivity index (χ4v) is 2.04. The largest absolute Gasteiger partial charge is 0.472 e. The molecule has 0 amide bonds. The first-order valence-electron chi connectivity index (χ1n) is 5.14. The molecule has 0 spiro atoms. The Labute approximate surface area is 113 Å². The third-order valence-electron chi connectivity index (χ3n) is 2.44. The first kappa shape index (κ1) is 12.5. The van der Waals surface area contributed by atoms with Crippen LogP contribution in [0.3, 0.4) is 0 Å². The van der Waals surface area contributed by atoms with Crippen LogP contribution in [0, 0.1) is 0 Å². The van der Waals surface area contributed by atoms with E-state index in [2.05, 4.69) is 21.2 Å². The zero-order valence-corrected chi connectivity index (χ0v) is 11.3. The van der Waals surface area contributed by atoms with E-state index in [0.717, 1.165) is 15.7 Å². The molecule has 3 nitrogen and oxygen atoms in total. The molecule has 3 N–H and O–H groups in total. The summed E-state index contributed by atoms with van der Waals surface area (Å²) >= 11 is 9.32. The molecule has 2 rings (SSSR count). The molecule has 0 bridgehead atoms. The maximum Gasteiger partial charge on any atom is 0.0955 e.